The Morgan fingerprint density at radius 2 is 2.19 bits per heavy atom. The van der Waals surface area contributed by atoms with E-state index in [0.717, 1.165) is 31.1 Å². The van der Waals surface area contributed by atoms with Crippen molar-refractivity contribution in [2.45, 2.75) is 25.8 Å². The largest absolute Gasteiger partial charge is 0.497 e. The highest BCUT2D eigenvalue weighted by molar-refractivity contribution is 5.92. The van der Waals surface area contributed by atoms with Crippen LogP contribution >= 0.6 is 0 Å². The van der Waals surface area contributed by atoms with Gasteiger partial charge in [-0.25, -0.2) is 0 Å². The molecule has 2 N–H and O–H groups in total. The topological polar surface area (TPSA) is 53.6 Å². The van der Waals surface area contributed by atoms with Gasteiger partial charge in [0.1, 0.15) is 5.75 Å². The lowest BCUT2D eigenvalue weighted by Crippen LogP contribution is -2.41. The zero-order chi connectivity index (χ0) is 15.1. The number of anilines is 1. The summed E-state index contributed by atoms with van der Waals surface area (Å²) in [7, 11) is 1.63. The average molecular weight is 291 g/mol. The summed E-state index contributed by atoms with van der Waals surface area (Å²) < 4.78 is 5.10. The summed E-state index contributed by atoms with van der Waals surface area (Å²) in [5.74, 6) is 0.815. The van der Waals surface area contributed by atoms with Crippen molar-refractivity contribution in [3.63, 3.8) is 0 Å². The SMILES string of the molecule is CCN(CC(=O)Nc1ccc(OC)cc1)CC1CCCN1. The number of nitrogens with zero attached hydrogens (tertiary/aromatic N) is 1. The molecule has 5 nitrogen and oxygen atoms in total. The maximum Gasteiger partial charge on any atom is 0.238 e. The van der Waals surface area contributed by atoms with Crippen LogP contribution in [-0.2, 0) is 4.79 Å². The molecule has 21 heavy (non-hydrogen) atoms. The summed E-state index contributed by atoms with van der Waals surface area (Å²) >= 11 is 0. The molecule has 0 spiro atoms. The van der Waals surface area contributed by atoms with E-state index in [9.17, 15) is 4.79 Å². The molecule has 116 valence electrons. The van der Waals surface area contributed by atoms with E-state index < -0.39 is 0 Å². The molecule has 5 heteroatoms. The summed E-state index contributed by atoms with van der Waals surface area (Å²) in [5.41, 5.74) is 0.802. The second-order valence-electron chi connectivity index (χ2n) is 5.40. The van der Waals surface area contributed by atoms with Gasteiger partial charge in [0, 0.05) is 18.3 Å². The van der Waals surface area contributed by atoms with E-state index in [1.165, 1.54) is 12.8 Å². The number of carbonyl (C=O) groups excluding carboxylic acids is 1. The monoisotopic (exact) mass is 291 g/mol. The zero-order valence-corrected chi connectivity index (χ0v) is 12.9. The van der Waals surface area contributed by atoms with Gasteiger partial charge in [0.2, 0.25) is 5.91 Å². The number of hydrogen-bond acceptors (Lipinski definition) is 4. The van der Waals surface area contributed by atoms with Crippen molar-refractivity contribution in [3.05, 3.63) is 24.3 Å². The number of methoxy groups -OCH3 is 1. The zero-order valence-electron chi connectivity index (χ0n) is 12.9. The summed E-state index contributed by atoms with van der Waals surface area (Å²) in [5, 5.41) is 6.40. The third-order valence-electron chi connectivity index (χ3n) is 3.83. The lowest BCUT2D eigenvalue weighted by Gasteiger charge is -2.23. The van der Waals surface area contributed by atoms with E-state index >= 15 is 0 Å². The van der Waals surface area contributed by atoms with Crippen LogP contribution in [-0.4, -0.2) is 50.1 Å². The second-order valence-corrected chi connectivity index (χ2v) is 5.40. The summed E-state index contributed by atoms with van der Waals surface area (Å²) in [6.45, 7) is 5.44. The number of rotatable bonds is 7. The Kier molecular flexibility index (Phi) is 6.02. The third kappa shape index (κ3) is 5.02. The van der Waals surface area contributed by atoms with Gasteiger partial charge in [0.15, 0.2) is 0 Å². The lowest BCUT2D eigenvalue weighted by molar-refractivity contribution is -0.117. The molecule has 0 aliphatic carbocycles. The Morgan fingerprint density at radius 3 is 2.76 bits per heavy atom. The third-order valence-corrected chi connectivity index (χ3v) is 3.83. The Balaban J connectivity index is 1.80. The van der Waals surface area contributed by atoms with Crippen molar-refractivity contribution in [2.75, 3.05) is 38.6 Å². The number of ether oxygens (including phenoxy) is 1. The predicted molar refractivity (Wildman–Crippen MR) is 84.8 cm³/mol. The van der Waals surface area contributed by atoms with Crippen molar-refractivity contribution < 1.29 is 9.53 Å². The number of carbonyl (C=O) groups is 1. The van der Waals surface area contributed by atoms with E-state index in [-0.39, 0.29) is 5.91 Å². The standard InChI is InChI=1S/C16H25N3O2/c1-3-19(11-14-5-4-10-17-14)12-16(20)18-13-6-8-15(21-2)9-7-13/h6-9,14,17H,3-5,10-12H2,1-2H3,(H,18,20). The van der Waals surface area contributed by atoms with Crippen molar-refractivity contribution in [1.82, 2.24) is 10.2 Å². The van der Waals surface area contributed by atoms with E-state index in [4.69, 9.17) is 4.74 Å². The van der Waals surface area contributed by atoms with E-state index in [1.54, 1.807) is 7.11 Å². The van der Waals surface area contributed by atoms with Crippen LogP contribution in [0.25, 0.3) is 0 Å². The van der Waals surface area contributed by atoms with Gasteiger partial charge in [-0.2, -0.15) is 0 Å². The first-order chi connectivity index (χ1) is 10.2. The van der Waals surface area contributed by atoms with Crippen LogP contribution in [0.2, 0.25) is 0 Å². The Labute approximate surface area is 126 Å². The van der Waals surface area contributed by atoms with Crippen molar-refractivity contribution >= 4 is 11.6 Å². The van der Waals surface area contributed by atoms with Gasteiger partial charge < -0.3 is 15.4 Å². The van der Waals surface area contributed by atoms with Crippen LogP contribution in [0.3, 0.4) is 0 Å². The van der Waals surface area contributed by atoms with E-state index in [1.807, 2.05) is 24.3 Å². The molecule has 1 aliphatic rings. The van der Waals surface area contributed by atoms with Crippen LogP contribution in [0, 0.1) is 0 Å². The Bertz CT molecular complexity index is 441. The van der Waals surface area contributed by atoms with Crippen molar-refractivity contribution in [1.29, 1.82) is 0 Å². The minimum Gasteiger partial charge on any atom is -0.497 e. The van der Waals surface area contributed by atoms with Crippen LogP contribution in [0.4, 0.5) is 5.69 Å². The fourth-order valence-corrected chi connectivity index (χ4v) is 2.61. The molecular weight excluding hydrogens is 266 g/mol. The summed E-state index contributed by atoms with van der Waals surface area (Å²) in [6, 6.07) is 7.92. The smallest absolute Gasteiger partial charge is 0.238 e. The number of benzene rings is 1. The molecule has 1 aromatic rings. The number of nitrogens with one attached hydrogen (secondary N) is 2. The average Bonchev–Trinajstić information content (AvgIpc) is 3.00. The van der Waals surface area contributed by atoms with Crippen LogP contribution < -0.4 is 15.4 Å². The van der Waals surface area contributed by atoms with Crippen molar-refractivity contribution in [2.24, 2.45) is 0 Å². The highest BCUT2D eigenvalue weighted by atomic mass is 16.5. The Hall–Kier alpha value is -1.59. The fraction of sp³-hybridized carbons (Fsp3) is 0.562. The van der Waals surface area contributed by atoms with Crippen LogP contribution in [0.15, 0.2) is 24.3 Å². The predicted octanol–water partition coefficient (Wildman–Crippen LogP) is 1.71. The fourth-order valence-electron chi connectivity index (χ4n) is 2.61. The molecule has 0 radical (unpaired) electrons. The lowest BCUT2D eigenvalue weighted by atomic mass is 10.2. The van der Waals surface area contributed by atoms with E-state index in [0.29, 0.717) is 12.6 Å². The van der Waals surface area contributed by atoms with Gasteiger partial charge in [0.05, 0.1) is 13.7 Å². The van der Waals surface area contributed by atoms with Crippen LogP contribution in [0.1, 0.15) is 19.8 Å². The summed E-state index contributed by atoms with van der Waals surface area (Å²) in [6.07, 6.45) is 2.44. The number of likely N-dealkylation sites (N-methyl/N-ethyl adjacent to an activating group) is 1. The molecule has 0 aromatic heterocycles. The minimum atomic E-state index is 0.0278. The quantitative estimate of drug-likeness (QED) is 0.803. The second kappa shape index (κ2) is 8.00. The van der Waals surface area contributed by atoms with Crippen LogP contribution in [0.5, 0.6) is 5.75 Å². The van der Waals surface area contributed by atoms with Gasteiger partial charge in [-0.1, -0.05) is 6.92 Å². The molecule has 0 bridgehead atoms. The van der Waals surface area contributed by atoms with Gasteiger partial charge in [0.25, 0.3) is 0 Å². The van der Waals surface area contributed by atoms with Crippen molar-refractivity contribution in [3.8, 4) is 5.75 Å². The highest BCUT2D eigenvalue weighted by Crippen LogP contribution is 2.15. The maximum absolute atomic E-state index is 12.1. The van der Waals surface area contributed by atoms with Gasteiger partial charge in [-0.3, -0.25) is 9.69 Å². The maximum atomic E-state index is 12.1. The molecule has 1 saturated heterocycles. The number of hydrogen-bond donors (Lipinski definition) is 2. The molecule has 1 amide bonds. The summed E-state index contributed by atoms with van der Waals surface area (Å²) in [4.78, 5) is 14.3. The first-order valence-electron chi connectivity index (χ1n) is 7.61. The molecule has 1 aromatic carbocycles. The van der Waals surface area contributed by atoms with E-state index in [2.05, 4.69) is 22.5 Å². The van der Waals surface area contributed by atoms with Gasteiger partial charge in [-0.05, 0) is 50.2 Å². The molecular formula is C16H25N3O2. The first kappa shape index (κ1) is 15.8. The first-order valence-corrected chi connectivity index (χ1v) is 7.61. The van der Waals surface area contributed by atoms with Gasteiger partial charge in [-0.15, -0.1) is 0 Å². The normalized spacial score (nSPS) is 18.0. The molecule has 1 fully saturated rings. The molecule has 2 rings (SSSR count). The Morgan fingerprint density at radius 1 is 1.43 bits per heavy atom. The highest BCUT2D eigenvalue weighted by Gasteiger charge is 2.18. The number of amides is 1. The minimum absolute atomic E-state index is 0.0278. The molecule has 1 atom stereocenters. The molecule has 1 aliphatic heterocycles. The molecule has 0 saturated carbocycles. The van der Waals surface area contributed by atoms with Gasteiger partial charge >= 0.3 is 0 Å². The molecule has 1 unspecified atom stereocenters. The molecule has 1 heterocycles.